The first-order valence-corrected chi connectivity index (χ1v) is 12.5. The molecule has 1 N–H and O–H groups in total. The minimum atomic E-state index is -0.736. The van der Waals surface area contributed by atoms with Crippen molar-refractivity contribution in [2.75, 3.05) is 19.1 Å². The van der Waals surface area contributed by atoms with Crippen LogP contribution in [0.2, 0.25) is 0 Å². The Kier molecular flexibility index (Phi) is 9.22. The Hall–Kier alpha value is -3.89. The molecule has 0 saturated carbocycles. The van der Waals surface area contributed by atoms with E-state index in [1.165, 1.54) is 7.11 Å². The van der Waals surface area contributed by atoms with Crippen LogP contribution in [0.1, 0.15) is 33.5 Å². The van der Waals surface area contributed by atoms with E-state index < -0.39 is 12.0 Å². The lowest BCUT2D eigenvalue weighted by molar-refractivity contribution is -0.142. The number of nitrogens with one attached hydrogen (secondary N) is 1. The monoisotopic (exact) mass is 485 g/mol. The summed E-state index contributed by atoms with van der Waals surface area (Å²) in [5.74, 6) is -0.123. The molecule has 2 aromatic carbocycles. The van der Waals surface area contributed by atoms with Crippen molar-refractivity contribution < 1.29 is 14.3 Å². The SMILES string of the molecule is COC(=O)[C@H](CCSC)NC(=O)c1ccc(C=C(C#N)c2cccnc2)cc1-c1ccccc1C. The number of esters is 1. The maximum Gasteiger partial charge on any atom is 0.328 e. The number of nitrogens with zero attached hydrogens (tertiary/aromatic N) is 2. The third-order valence-corrected chi connectivity index (χ3v) is 6.17. The lowest BCUT2D eigenvalue weighted by atomic mass is 9.92. The van der Waals surface area contributed by atoms with Crippen LogP contribution < -0.4 is 5.32 Å². The van der Waals surface area contributed by atoms with Gasteiger partial charge in [-0.05, 0) is 71.9 Å². The van der Waals surface area contributed by atoms with E-state index in [4.69, 9.17) is 4.74 Å². The van der Waals surface area contributed by atoms with Gasteiger partial charge in [0.15, 0.2) is 0 Å². The molecule has 1 amide bonds. The van der Waals surface area contributed by atoms with Crippen LogP contribution >= 0.6 is 11.8 Å². The Labute approximate surface area is 210 Å². The molecule has 0 fully saturated rings. The Bertz CT molecular complexity index is 1270. The Morgan fingerprint density at radius 1 is 1.17 bits per heavy atom. The van der Waals surface area contributed by atoms with Gasteiger partial charge in [-0.3, -0.25) is 9.78 Å². The van der Waals surface area contributed by atoms with Crippen LogP contribution in [0.15, 0.2) is 67.0 Å². The number of ether oxygens (including phenoxy) is 1. The molecule has 0 spiro atoms. The summed E-state index contributed by atoms with van der Waals surface area (Å²) in [6, 6.07) is 18.3. The van der Waals surface area contributed by atoms with E-state index in [1.54, 1.807) is 48.4 Å². The molecule has 0 aliphatic rings. The van der Waals surface area contributed by atoms with Crippen LogP contribution in [0, 0.1) is 18.3 Å². The highest BCUT2D eigenvalue weighted by Crippen LogP contribution is 2.30. The number of aryl methyl sites for hydroxylation is 1. The molecule has 1 aromatic heterocycles. The first-order valence-electron chi connectivity index (χ1n) is 11.1. The van der Waals surface area contributed by atoms with Crippen LogP contribution in [0.5, 0.6) is 0 Å². The van der Waals surface area contributed by atoms with Crippen LogP contribution in [0.3, 0.4) is 0 Å². The van der Waals surface area contributed by atoms with Gasteiger partial charge in [0.1, 0.15) is 6.04 Å². The van der Waals surface area contributed by atoms with E-state index in [-0.39, 0.29) is 5.91 Å². The minimum Gasteiger partial charge on any atom is -0.467 e. The number of hydrogen-bond donors (Lipinski definition) is 1. The second-order valence-corrected chi connectivity index (χ2v) is 8.85. The van der Waals surface area contributed by atoms with E-state index in [1.807, 2.05) is 49.6 Å². The second-order valence-electron chi connectivity index (χ2n) is 7.86. The standard InChI is InChI=1S/C28H27N3O3S/c1-19-7-4-5-9-23(19)25-16-20(15-22(17-29)21-8-6-13-30-18-21)10-11-24(25)27(32)31-26(12-14-35-3)28(33)34-2/h4-11,13,15-16,18,26H,12,14H2,1-3H3,(H,31,32)/t26-/m0/s1. The van der Waals surface area contributed by atoms with E-state index in [9.17, 15) is 14.9 Å². The van der Waals surface area contributed by atoms with Crippen LogP contribution in [-0.2, 0) is 9.53 Å². The topological polar surface area (TPSA) is 92.1 Å². The number of hydrogen-bond acceptors (Lipinski definition) is 6. The number of benzene rings is 2. The Morgan fingerprint density at radius 2 is 1.97 bits per heavy atom. The van der Waals surface area contributed by atoms with Crippen molar-refractivity contribution in [3.63, 3.8) is 0 Å². The Morgan fingerprint density at radius 3 is 2.63 bits per heavy atom. The summed E-state index contributed by atoms with van der Waals surface area (Å²) in [6.45, 7) is 1.98. The van der Waals surface area contributed by atoms with Gasteiger partial charge in [-0.1, -0.05) is 36.4 Å². The molecule has 178 valence electrons. The summed E-state index contributed by atoms with van der Waals surface area (Å²) in [6.07, 6.45) is 7.48. The number of nitriles is 1. The molecule has 3 aromatic rings. The zero-order valence-electron chi connectivity index (χ0n) is 19.9. The van der Waals surface area contributed by atoms with Crippen molar-refractivity contribution in [1.29, 1.82) is 5.26 Å². The molecule has 0 aliphatic carbocycles. The molecule has 7 heteroatoms. The average molecular weight is 486 g/mol. The molecule has 0 aliphatic heterocycles. The first kappa shape index (κ1) is 25.7. The number of thioether (sulfide) groups is 1. The fraction of sp³-hybridized carbons (Fsp3) is 0.214. The van der Waals surface area contributed by atoms with E-state index in [0.717, 1.165) is 16.7 Å². The first-order chi connectivity index (χ1) is 17.0. The van der Waals surface area contributed by atoms with Gasteiger partial charge >= 0.3 is 5.97 Å². The van der Waals surface area contributed by atoms with Gasteiger partial charge in [0.2, 0.25) is 0 Å². The molecule has 0 bridgehead atoms. The second kappa shape index (κ2) is 12.5. The smallest absolute Gasteiger partial charge is 0.328 e. The summed E-state index contributed by atoms with van der Waals surface area (Å²) in [4.78, 5) is 29.7. The third kappa shape index (κ3) is 6.58. The van der Waals surface area contributed by atoms with Crippen molar-refractivity contribution in [2.45, 2.75) is 19.4 Å². The molecule has 0 saturated heterocycles. The average Bonchev–Trinajstić information content (AvgIpc) is 2.89. The lowest BCUT2D eigenvalue weighted by Gasteiger charge is -2.18. The molecule has 0 radical (unpaired) electrons. The number of rotatable bonds is 9. The zero-order chi connectivity index (χ0) is 25.2. The molecular weight excluding hydrogens is 458 g/mol. The van der Waals surface area contributed by atoms with Crippen molar-refractivity contribution in [3.8, 4) is 17.2 Å². The summed E-state index contributed by atoms with van der Waals surface area (Å²) < 4.78 is 4.89. The number of methoxy groups -OCH3 is 1. The predicted octanol–water partition coefficient (Wildman–Crippen LogP) is 5.15. The molecule has 0 unspecified atom stereocenters. The molecule has 3 rings (SSSR count). The number of aromatic nitrogens is 1. The summed E-state index contributed by atoms with van der Waals surface area (Å²) in [7, 11) is 1.31. The van der Waals surface area contributed by atoms with Crippen molar-refractivity contribution in [1.82, 2.24) is 10.3 Å². The Balaban J connectivity index is 2.06. The van der Waals surface area contributed by atoms with Gasteiger partial charge in [-0.15, -0.1) is 0 Å². The fourth-order valence-corrected chi connectivity index (χ4v) is 4.15. The van der Waals surface area contributed by atoms with Crippen molar-refractivity contribution in [3.05, 3.63) is 89.2 Å². The molecule has 35 heavy (non-hydrogen) atoms. The number of carbonyl (C=O) groups excluding carboxylic acids is 2. The summed E-state index contributed by atoms with van der Waals surface area (Å²) in [5, 5.41) is 12.5. The van der Waals surface area contributed by atoms with Gasteiger partial charge in [-0.25, -0.2) is 4.79 Å². The van der Waals surface area contributed by atoms with Gasteiger partial charge in [0.05, 0.1) is 18.8 Å². The highest BCUT2D eigenvalue weighted by Gasteiger charge is 2.23. The van der Waals surface area contributed by atoms with Gasteiger partial charge in [-0.2, -0.15) is 17.0 Å². The van der Waals surface area contributed by atoms with Crippen LogP contribution in [0.25, 0.3) is 22.8 Å². The van der Waals surface area contributed by atoms with Crippen molar-refractivity contribution >= 4 is 35.3 Å². The highest BCUT2D eigenvalue weighted by molar-refractivity contribution is 7.98. The highest BCUT2D eigenvalue weighted by atomic mass is 32.2. The minimum absolute atomic E-state index is 0.358. The number of allylic oxidation sites excluding steroid dienone is 1. The number of amides is 1. The molecule has 6 nitrogen and oxygen atoms in total. The number of pyridine rings is 1. The third-order valence-electron chi connectivity index (χ3n) is 5.53. The largest absolute Gasteiger partial charge is 0.467 e. The maximum atomic E-state index is 13.4. The van der Waals surface area contributed by atoms with E-state index >= 15 is 0 Å². The quantitative estimate of drug-likeness (QED) is 0.333. The number of carbonyl (C=O) groups is 2. The van der Waals surface area contributed by atoms with E-state index in [0.29, 0.717) is 34.4 Å². The maximum absolute atomic E-state index is 13.4. The van der Waals surface area contributed by atoms with Crippen LogP contribution in [0.4, 0.5) is 0 Å². The normalized spacial score (nSPS) is 11.9. The van der Waals surface area contributed by atoms with Crippen LogP contribution in [-0.4, -0.2) is 42.0 Å². The molecular formula is C28H27N3O3S. The fourth-order valence-electron chi connectivity index (χ4n) is 3.68. The molecule has 1 atom stereocenters. The van der Waals surface area contributed by atoms with Gasteiger partial charge in [0, 0.05) is 23.5 Å². The zero-order valence-corrected chi connectivity index (χ0v) is 20.8. The summed E-state index contributed by atoms with van der Waals surface area (Å²) >= 11 is 1.59. The van der Waals surface area contributed by atoms with Gasteiger partial charge in [0.25, 0.3) is 5.91 Å². The molecule has 1 heterocycles. The lowest BCUT2D eigenvalue weighted by Crippen LogP contribution is -2.42. The predicted molar refractivity (Wildman–Crippen MR) is 141 cm³/mol. The van der Waals surface area contributed by atoms with Gasteiger partial charge < -0.3 is 10.1 Å². The van der Waals surface area contributed by atoms with Crippen molar-refractivity contribution in [2.24, 2.45) is 0 Å². The van der Waals surface area contributed by atoms with E-state index in [2.05, 4.69) is 16.4 Å². The summed E-state index contributed by atoms with van der Waals surface area (Å²) in [5.41, 5.74) is 5.00.